The van der Waals surface area contributed by atoms with Crippen LogP contribution in [0.4, 0.5) is 0 Å². The van der Waals surface area contributed by atoms with E-state index in [4.69, 9.17) is 4.74 Å². The Hall–Kier alpha value is -3.24. The summed E-state index contributed by atoms with van der Waals surface area (Å²) in [6.45, 7) is 4.12. The van der Waals surface area contributed by atoms with Gasteiger partial charge in [-0.25, -0.2) is 14.3 Å². The van der Waals surface area contributed by atoms with Crippen LogP contribution in [-0.4, -0.2) is 55.8 Å². The molecule has 1 saturated heterocycles. The molecule has 0 bridgehead atoms. The highest BCUT2D eigenvalue weighted by Gasteiger charge is 2.17. The molecule has 1 aliphatic rings. The predicted molar refractivity (Wildman–Crippen MR) is 115 cm³/mol. The first-order valence-corrected chi connectivity index (χ1v) is 10.2. The van der Waals surface area contributed by atoms with Gasteiger partial charge in [0.25, 0.3) is 5.56 Å². The van der Waals surface area contributed by atoms with Crippen LogP contribution in [0.25, 0.3) is 11.2 Å². The minimum Gasteiger partial charge on any atom is -0.379 e. The highest BCUT2D eigenvalue weighted by Crippen LogP contribution is 2.10. The highest BCUT2D eigenvalue weighted by atomic mass is 16.5. The number of carbonyl (C=O) groups is 1. The number of rotatable bonds is 6. The van der Waals surface area contributed by atoms with E-state index in [1.165, 1.54) is 23.5 Å². The van der Waals surface area contributed by atoms with Crippen LogP contribution in [0.5, 0.6) is 0 Å². The molecule has 0 atom stereocenters. The number of morpholine rings is 1. The van der Waals surface area contributed by atoms with Gasteiger partial charge in [0.15, 0.2) is 11.2 Å². The molecule has 1 aliphatic heterocycles. The lowest BCUT2D eigenvalue weighted by Crippen LogP contribution is -2.43. The van der Waals surface area contributed by atoms with E-state index in [9.17, 15) is 14.4 Å². The average molecular weight is 426 g/mol. The molecule has 1 fully saturated rings. The van der Waals surface area contributed by atoms with Crippen molar-refractivity contribution in [1.29, 1.82) is 0 Å². The Morgan fingerprint density at radius 3 is 2.68 bits per heavy atom. The maximum atomic E-state index is 12.7. The Labute approximate surface area is 178 Å². The van der Waals surface area contributed by atoms with Crippen LogP contribution in [0.3, 0.4) is 0 Å². The number of aromatic nitrogens is 4. The van der Waals surface area contributed by atoms with Crippen LogP contribution in [0, 0.1) is 0 Å². The monoisotopic (exact) mass is 426 g/mol. The lowest BCUT2D eigenvalue weighted by molar-refractivity contribution is -0.121. The third-order valence-corrected chi connectivity index (χ3v) is 5.49. The Bertz CT molecular complexity index is 1220. The van der Waals surface area contributed by atoms with Gasteiger partial charge < -0.3 is 14.6 Å². The first-order chi connectivity index (χ1) is 14.9. The number of nitrogens with one attached hydrogen (secondary N) is 1. The Balaban J connectivity index is 1.43. The van der Waals surface area contributed by atoms with E-state index in [0.717, 1.165) is 43.0 Å². The molecular formula is C21H26N6O4. The van der Waals surface area contributed by atoms with E-state index in [1.807, 2.05) is 12.1 Å². The number of benzene rings is 1. The normalized spacial score (nSPS) is 14.8. The molecular weight excluding hydrogens is 400 g/mol. The first kappa shape index (κ1) is 21.0. The third kappa shape index (κ3) is 4.44. The molecule has 1 amide bonds. The van der Waals surface area contributed by atoms with Crippen LogP contribution in [0.15, 0.2) is 40.2 Å². The summed E-state index contributed by atoms with van der Waals surface area (Å²) in [6.07, 6.45) is 1.47. The molecule has 4 rings (SSSR count). The lowest BCUT2D eigenvalue weighted by Gasteiger charge is -2.26. The molecule has 164 valence electrons. The first-order valence-electron chi connectivity index (χ1n) is 10.2. The van der Waals surface area contributed by atoms with E-state index in [0.29, 0.717) is 12.2 Å². The Morgan fingerprint density at radius 2 is 1.90 bits per heavy atom. The quantitative estimate of drug-likeness (QED) is 0.574. The van der Waals surface area contributed by atoms with Crippen molar-refractivity contribution in [3.63, 3.8) is 0 Å². The zero-order valence-corrected chi connectivity index (χ0v) is 17.7. The molecule has 31 heavy (non-hydrogen) atoms. The number of ether oxygens (including phenoxy) is 1. The SMILES string of the molecule is Cn1cnc2c1c(=O)n(CC(=O)NCc1cccc(CN3CCOCC3)c1)c(=O)n2C. The van der Waals surface area contributed by atoms with Gasteiger partial charge in [-0.15, -0.1) is 0 Å². The zero-order chi connectivity index (χ0) is 22.0. The van der Waals surface area contributed by atoms with Crippen LogP contribution >= 0.6 is 0 Å². The van der Waals surface area contributed by atoms with Crippen molar-refractivity contribution >= 4 is 17.1 Å². The van der Waals surface area contributed by atoms with Gasteiger partial charge in [-0.3, -0.25) is 19.1 Å². The summed E-state index contributed by atoms with van der Waals surface area (Å²) in [7, 11) is 3.21. The molecule has 0 aliphatic carbocycles. The second kappa shape index (κ2) is 8.86. The number of fused-ring (bicyclic) bond motifs is 1. The van der Waals surface area contributed by atoms with Crippen molar-refractivity contribution in [2.45, 2.75) is 19.6 Å². The summed E-state index contributed by atoms with van der Waals surface area (Å²) >= 11 is 0. The highest BCUT2D eigenvalue weighted by molar-refractivity contribution is 5.76. The fourth-order valence-electron chi connectivity index (χ4n) is 3.79. The number of amides is 1. The minimum absolute atomic E-state index is 0.283. The van der Waals surface area contributed by atoms with Gasteiger partial charge in [0, 0.05) is 40.3 Å². The summed E-state index contributed by atoms with van der Waals surface area (Å²) in [5.41, 5.74) is 1.61. The summed E-state index contributed by atoms with van der Waals surface area (Å²) < 4.78 is 9.15. The molecule has 1 N–H and O–H groups in total. The number of carbonyl (C=O) groups excluding carboxylic acids is 1. The van der Waals surface area contributed by atoms with Gasteiger partial charge >= 0.3 is 5.69 Å². The van der Waals surface area contributed by atoms with Gasteiger partial charge in [-0.1, -0.05) is 24.3 Å². The second-order valence-corrected chi connectivity index (χ2v) is 7.75. The maximum absolute atomic E-state index is 12.7. The van der Waals surface area contributed by atoms with Crippen molar-refractivity contribution in [1.82, 2.24) is 28.9 Å². The standard InChI is InChI=1S/C21H26N6O4/c1-24-14-23-19-18(24)20(29)27(21(30)25(19)2)13-17(28)22-11-15-4-3-5-16(10-15)12-26-6-8-31-9-7-26/h3-5,10,14H,6-9,11-13H2,1-2H3,(H,22,28). The summed E-state index contributed by atoms with van der Waals surface area (Å²) in [6, 6.07) is 8.03. The van der Waals surface area contributed by atoms with Crippen LogP contribution in [0.1, 0.15) is 11.1 Å². The lowest BCUT2D eigenvalue weighted by atomic mass is 10.1. The number of aryl methyl sites for hydroxylation is 2. The van der Waals surface area contributed by atoms with Crippen molar-refractivity contribution in [3.8, 4) is 0 Å². The van der Waals surface area contributed by atoms with E-state index >= 15 is 0 Å². The smallest absolute Gasteiger partial charge is 0.332 e. The third-order valence-electron chi connectivity index (χ3n) is 5.49. The van der Waals surface area contributed by atoms with E-state index in [2.05, 4.69) is 27.3 Å². The molecule has 0 unspecified atom stereocenters. The molecule has 10 heteroatoms. The Morgan fingerprint density at radius 1 is 1.16 bits per heavy atom. The topological polar surface area (TPSA) is 103 Å². The van der Waals surface area contributed by atoms with Gasteiger partial charge in [0.1, 0.15) is 6.54 Å². The van der Waals surface area contributed by atoms with Crippen LogP contribution in [-0.2, 0) is 43.3 Å². The fraction of sp³-hybridized carbons (Fsp3) is 0.429. The van der Waals surface area contributed by atoms with Gasteiger partial charge in [-0.2, -0.15) is 0 Å². The average Bonchev–Trinajstić information content (AvgIpc) is 3.16. The molecule has 2 aromatic heterocycles. The van der Waals surface area contributed by atoms with E-state index < -0.39 is 17.2 Å². The summed E-state index contributed by atoms with van der Waals surface area (Å²) in [5.74, 6) is -0.403. The van der Waals surface area contributed by atoms with Crippen LogP contribution in [0.2, 0.25) is 0 Å². The van der Waals surface area contributed by atoms with Crippen molar-refractivity contribution < 1.29 is 9.53 Å². The largest absolute Gasteiger partial charge is 0.379 e. The number of hydrogen-bond donors (Lipinski definition) is 1. The summed E-state index contributed by atoms with van der Waals surface area (Å²) in [4.78, 5) is 44.2. The molecule has 3 heterocycles. The van der Waals surface area contributed by atoms with E-state index in [-0.39, 0.29) is 12.1 Å². The van der Waals surface area contributed by atoms with Gasteiger partial charge in [0.05, 0.1) is 19.5 Å². The molecule has 3 aromatic rings. The second-order valence-electron chi connectivity index (χ2n) is 7.75. The van der Waals surface area contributed by atoms with E-state index in [1.54, 1.807) is 11.6 Å². The van der Waals surface area contributed by atoms with Gasteiger partial charge in [0.2, 0.25) is 5.91 Å². The number of hydrogen-bond acceptors (Lipinski definition) is 6. The maximum Gasteiger partial charge on any atom is 0.332 e. The molecule has 0 spiro atoms. The number of imidazole rings is 1. The zero-order valence-electron chi connectivity index (χ0n) is 17.7. The van der Waals surface area contributed by atoms with Crippen molar-refractivity contribution in [3.05, 3.63) is 62.6 Å². The predicted octanol–water partition coefficient (Wildman–Crippen LogP) is -0.418. The Kier molecular flexibility index (Phi) is 6.01. The molecule has 0 saturated carbocycles. The molecule has 10 nitrogen and oxygen atoms in total. The fourth-order valence-corrected chi connectivity index (χ4v) is 3.79. The van der Waals surface area contributed by atoms with Crippen molar-refractivity contribution in [2.24, 2.45) is 14.1 Å². The van der Waals surface area contributed by atoms with Gasteiger partial charge in [-0.05, 0) is 11.1 Å². The summed E-state index contributed by atoms with van der Waals surface area (Å²) in [5, 5.41) is 2.81. The van der Waals surface area contributed by atoms with Crippen molar-refractivity contribution in [2.75, 3.05) is 26.3 Å². The molecule has 1 aromatic carbocycles. The minimum atomic E-state index is -0.571. The van der Waals surface area contributed by atoms with Crippen LogP contribution < -0.4 is 16.6 Å². The number of nitrogens with zero attached hydrogens (tertiary/aromatic N) is 5. The molecule has 0 radical (unpaired) electrons.